The van der Waals surface area contributed by atoms with E-state index in [0.29, 0.717) is 57.2 Å². The van der Waals surface area contributed by atoms with E-state index in [9.17, 15) is 68.1 Å². The second-order valence-electron chi connectivity index (χ2n) is 20.5. The van der Waals surface area contributed by atoms with Crippen LogP contribution in [0.4, 0.5) is 0 Å². The highest BCUT2D eigenvalue weighted by Crippen LogP contribution is 2.22. The lowest BCUT2D eigenvalue weighted by Crippen LogP contribution is -2.61. The molecular weight excluding hydrogens is 1110 g/mol. The molecule has 9 amide bonds. The Morgan fingerprint density at radius 3 is 1.54 bits per heavy atom. The van der Waals surface area contributed by atoms with E-state index in [0.717, 1.165) is 5.56 Å². The first-order valence-electron chi connectivity index (χ1n) is 27.8. The molecule has 10 atom stereocenters. The van der Waals surface area contributed by atoms with Crippen LogP contribution in [0.2, 0.25) is 0 Å². The zero-order valence-electron chi connectivity index (χ0n) is 47.2. The van der Waals surface area contributed by atoms with Gasteiger partial charge in [0.2, 0.25) is 53.2 Å². The van der Waals surface area contributed by atoms with Crippen molar-refractivity contribution in [2.75, 3.05) is 50.5 Å². The number of thioether (sulfide) groups is 1. The van der Waals surface area contributed by atoms with Crippen LogP contribution < -0.4 is 65.5 Å². The number of amides is 9. The van der Waals surface area contributed by atoms with Gasteiger partial charge in [-0.1, -0.05) is 44.2 Å². The molecule has 0 aromatic heterocycles. The first-order valence-corrected chi connectivity index (χ1v) is 29.9. The molecule has 0 bridgehead atoms. The smallest absolute Gasteiger partial charge is 0.326 e. The highest BCUT2D eigenvalue weighted by atomic mass is 32.2. The van der Waals surface area contributed by atoms with Crippen LogP contribution in [-0.2, 0) is 59.2 Å². The van der Waals surface area contributed by atoms with E-state index in [-0.39, 0.29) is 76.3 Å². The Morgan fingerprint density at radius 2 is 1.06 bits per heavy atom. The largest absolute Gasteiger partial charge is 0.481 e. The Morgan fingerprint density at radius 1 is 0.610 bits per heavy atom. The van der Waals surface area contributed by atoms with Crippen molar-refractivity contribution in [2.45, 2.75) is 171 Å². The van der Waals surface area contributed by atoms with Crippen LogP contribution in [0.3, 0.4) is 0 Å². The van der Waals surface area contributed by atoms with Crippen LogP contribution in [0, 0.1) is 5.92 Å². The summed E-state index contributed by atoms with van der Waals surface area (Å²) in [6.45, 7) is 3.64. The van der Waals surface area contributed by atoms with Gasteiger partial charge in [0.1, 0.15) is 54.4 Å². The molecule has 29 heteroatoms. The van der Waals surface area contributed by atoms with Gasteiger partial charge < -0.3 is 85.7 Å². The normalized spacial score (nSPS) is 16.4. The predicted molar refractivity (Wildman–Crippen MR) is 310 cm³/mol. The fourth-order valence-electron chi connectivity index (χ4n) is 8.89. The summed E-state index contributed by atoms with van der Waals surface area (Å²) in [4.78, 5) is 149. The van der Waals surface area contributed by atoms with Crippen LogP contribution in [0.1, 0.15) is 109 Å². The summed E-state index contributed by atoms with van der Waals surface area (Å²) < 4.78 is 0. The van der Waals surface area contributed by atoms with Gasteiger partial charge in [0.05, 0.1) is 19.1 Å². The maximum Gasteiger partial charge on any atom is 0.326 e. The Bertz CT molecular complexity index is 2240. The number of carboxylic acid groups (broad SMARTS) is 2. The molecule has 1 aromatic carbocycles. The number of hydrogen-bond donors (Lipinski definition) is 16. The number of nitrogens with two attached hydrogens (primary N) is 4. The van der Waals surface area contributed by atoms with E-state index in [1.807, 2.05) is 13.8 Å². The van der Waals surface area contributed by atoms with Crippen molar-refractivity contribution in [1.82, 2.24) is 47.4 Å². The van der Waals surface area contributed by atoms with Crippen LogP contribution in [0.5, 0.6) is 0 Å². The number of nitrogens with zero attached hydrogens (tertiary/aromatic N) is 1. The number of aliphatic hydroxyl groups excluding tert-OH is 1. The van der Waals surface area contributed by atoms with Crippen molar-refractivity contribution >= 4 is 89.5 Å². The maximum absolute atomic E-state index is 14.2. The number of aliphatic hydroxyl groups is 1. The number of rotatable bonds is 41. The SMILES string of the molecule is CSCC[C@H](NC(=O)[C@H](CCCCN)NC(=O)[C@H](CC(=O)O)NC(=O)[C@@H](N)Cc1ccccc1)C(=O)N[C@@H](CS)C(=O)N[C@@H](CO)C(=O)N[C@@H](CCCCN)C(=O)N[C@@H](CC(C)C)C(=O)N1CCC[C@H]1C(=O)N[C@@H](CCCCN)C(=O)O. The third kappa shape index (κ3) is 26.0. The molecule has 0 radical (unpaired) electrons. The van der Waals surface area contributed by atoms with Gasteiger partial charge in [-0.3, -0.25) is 47.9 Å². The van der Waals surface area contributed by atoms with Gasteiger partial charge in [0.15, 0.2) is 0 Å². The number of nitrogens with one attached hydrogen (secondary N) is 8. The van der Waals surface area contributed by atoms with Crippen molar-refractivity contribution in [1.29, 1.82) is 0 Å². The summed E-state index contributed by atoms with van der Waals surface area (Å²) >= 11 is 5.57. The number of aliphatic carboxylic acids is 2. The standard InChI is InChI=1S/C53H89N13O14S2/c1-31(2)26-39(52(78)66-24-13-19-42(66)51(77)61-37(53(79)80)18-9-12-23-56)63-46(72)35(17-8-11-22-55)59-49(75)40(29-67)64-50(76)41(30-81)65-47(73)36(20-25-82-3)60-45(71)34(16-7-10-21-54)58-48(74)38(28-43(68)69)62-44(70)33(57)27-32-14-5-4-6-15-32/h4-6,14-15,31,33-42,67,81H,7-13,16-30,54-57H2,1-3H3,(H,58,74)(H,59,75)(H,60,71)(H,61,77)(H,62,70)(H,63,72)(H,64,76)(H,65,73)(H,68,69)(H,79,80)/t33-,34-,35-,36-,37-,38-,39-,40-,41-,42-/m0/s1. The van der Waals surface area contributed by atoms with Crippen molar-refractivity contribution in [3.05, 3.63) is 35.9 Å². The topological polar surface area (TPSA) is 452 Å². The molecule has 0 spiro atoms. The molecule has 0 aliphatic carbocycles. The summed E-state index contributed by atoms with van der Waals surface area (Å²) in [5.74, 6) is -10.4. The first-order chi connectivity index (χ1) is 39.0. The average Bonchev–Trinajstić information content (AvgIpc) is 4.01. The van der Waals surface area contributed by atoms with Crippen LogP contribution in [-0.4, -0.2) is 196 Å². The zero-order valence-corrected chi connectivity index (χ0v) is 48.9. The lowest BCUT2D eigenvalue weighted by molar-refractivity contribution is -0.145. The van der Waals surface area contributed by atoms with Crippen molar-refractivity contribution < 1.29 is 68.1 Å². The van der Waals surface area contributed by atoms with Crippen molar-refractivity contribution in [3.8, 4) is 0 Å². The highest BCUT2D eigenvalue weighted by molar-refractivity contribution is 7.98. The van der Waals surface area contributed by atoms with Crippen LogP contribution >= 0.6 is 24.4 Å². The zero-order chi connectivity index (χ0) is 61.3. The molecule has 1 fully saturated rings. The fraction of sp³-hybridized carbons (Fsp3) is 0.679. The minimum Gasteiger partial charge on any atom is -0.481 e. The Labute approximate surface area is 489 Å². The summed E-state index contributed by atoms with van der Waals surface area (Å²) in [5, 5.41) is 50.0. The maximum atomic E-state index is 14.2. The van der Waals surface area contributed by atoms with E-state index in [1.54, 1.807) is 36.6 Å². The number of thiol groups is 1. The molecule has 0 saturated carbocycles. The summed E-state index contributed by atoms with van der Waals surface area (Å²) in [5.41, 5.74) is 23.8. The van der Waals surface area contributed by atoms with Gasteiger partial charge in [0.25, 0.3) is 0 Å². The van der Waals surface area contributed by atoms with Crippen molar-refractivity contribution in [3.63, 3.8) is 0 Å². The highest BCUT2D eigenvalue weighted by Gasteiger charge is 2.40. The molecular formula is C53H89N13O14S2. The number of benzene rings is 1. The second kappa shape index (κ2) is 39.4. The Balaban J connectivity index is 2.27. The number of unbranched alkanes of at least 4 members (excludes halogenated alkanes) is 3. The van der Waals surface area contributed by atoms with Gasteiger partial charge >= 0.3 is 11.9 Å². The third-order valence-electron chi connectivity index (χ3n) is 13.4. The van der Waals surface area contributed by atoms with Gasteiger partial charge in [-0.2, -0.15) is 24.4 Å². The molecule has 1 aliphatic heterocycles. The minimum atomic E-state index is -1.70. The van der Waals surface area contributed by atoms with E-state index >= 15 is 0 Å². The van der Waals surface area contributed by atoms with E-state index in [4.69, 9.17) is 22.9 Å². The molecule has 82 heavy (non-hydrogen) atoms. The molecule has 1 aliphatic rings. The molecule has 19 N–H and O–H groups in total. The van der Waals surface area contributed by atoms with Gasteiger partial charge in [0, 0.05) is 12.3 Å². The first kappa shape index (κ1) is 72.0. The minimum absolute atomic E-state index is 0.0101. The number of carbonyl (C=O) groups is 11. The fourth-order valence-corrected chi connectivity index (χ4v) is 9.62. The molecule has 462 valence electrons. The molecule has 1 aromatic rings. The summed E-state index contributed by atoms with van der Waals surface area (Å²) in [6.07, 6.45) is 4.43. The molecule has 1 heterocycles. The number of carboxylic acids is 2. The number of hydrogen-bond acceptors (Lipinski definition) is 18. The van der Waals surface area contributed by atoms with E-state index < -0.39 is 139 Å². The number of likely N-dealkylation sites (tertiary alicyclic amines) is 1. The molecule has 27 nitrogen and oxygen atoms in total. The van der Waals surface area contributed by atoms with E-state index in [2.05, 4.69) is 55.2 Å². The quantitative estimate of drug-likeness (QED) is 0.0231. The Hall–Kier alpha value is -6.11. The van der Waals surface area contributed by atoms with Gasteiger partial charge in [-0.25, -0.2) is 4.79 Å². The Kier molecular flexibility index (Phi) is 34.6. The van der Waals surface area contributed by atoms with Crippen molar-refractivity contribution in [2.24, 2.45) is 28.9 Å². The monoisotopic (exact) mass is 1200 g/mol. The summed E-state index contributed by atoms with van der Waals surface area (Å²) in [6, 6.07) is -4.64. The number of carbonyl (C=O) groups excluding carboxylic acids is 9. The average molecular weight is 1200 g/mol. The molecule has 2 rings (SSSR count). The predicted octanol–water partition coefficient (Wildman–Crippen LogP) is -2.91. The molecule has 1 saturated heterocycles. The molecule has 0 unspecified atom stereocenters. The van der Waals surface area contributed by atoms with Gasteiger partial charge in [-0.15, -0.1) is 0 Å². The van der Waals surface area contributed by atoms with E-state index in [1.165, 1.54) is 16.7 Å². The summed E-state index contributed by atoms with van der Waals surface area (Å²) in [7, 11) is 0. The lowest BCUT2D eigenvalue weighted by atomic mass is 10.0. The third-order valence-corrected chi connectivity index (χ3v) is 14.4. The van der Waals surface area contributed by atoms with Crippen LogP contribution in [0.25, 0.3) is 0 Å². The van der Waals surface area contributed by atoms with Crippen LogP contribution in [0.15, 0.2) is 30.3 Å². The van der Waals surface area contributed by atoms with Gasteiger partial charge in [-0.05, 0) is 133 Å². The second-order valence-corrected chi connectivity index (χ2v) is 21.9. The lowest BCUT2D eigenvalue weighted by Gasteiger charge is -2.31.